The van der Waals surface area contributed by atoms with Crippen LogP contribution in [0.2, 0.25) is 0 Å². The summed E-state index contributed by atoms with van der Waals surface area (Å²) in [6.07, 6.45) is 1.40. The monoisotopic (exact) mass is 509 g/mol. The Morgan fingerprint density at radius 3 is 2.50 bits per heavy atom. The predicted octanol–water partition coefficient (Wildman–Crippen LogP) is 2.80. The molecule has 0 N–H and O–H groups in total. The molecule has 0 radical (unpaired) electrons. The molecular weight excluding hydrogens is 486 g/mol. The third-order valence-electron chi connectivity index (χ3n) is 5.67. The zero-order valence-corrected chi connectivity index (χ0v) is 20.4. The number of benzene rings is 3. The van der Waals surface area contributed by atoms with E-state index in [0.717, 1.165) is 11.1 Å². The minimum Gasteiger partial charge on any atom is -0.497 e. The van der Waals surface area contributed by atoms with Gasteiger partial charge in [0.2, 0.25) is 16.8 Å². The lowest BCUT2D eigenvalue weighted by Crippen LogP contribution is -2.30. The highest BCUT2D eigenvalue weighted by molar-refractivity contribution is 7.89. The molecule has 0 saturated carbocycles. The van der Waals surface area contributed by atoms with Crippen LogP contribution in [0.25, 0.3) is 5.69 Å². The first-order valence-corrected chi connectivity index (χ1v) is 12.3. The number of rotatable bonds is 9. The zero-order chi connectivity index (χ0) is 25.1. The Kier molecular flexibility index (Phi) is 6.44. The summed E-state index contributed by atoms with van der Waals surface area (Å²) >= 11 is 0. The number of tetrazole rings is 1. The van der Waals surface area contributed by atoms with Crippen LogP contribution in [0, 0.1) is 0 Å². The van der Waals surface area contributed by atoms with Gasteiger partial charge in [-0.25, -0.2) is 8.42 Å². The van der Waals surface area contributed by atoms with Gasteiger partial charge in [0.1, 0.15) is 23.5 Å². The molecule has 0 amide bonds. The first-order valence-electron chi connectivity index (χ1n) is 10.9. The average molecular weight is 510 g/mol. The van der Waals surface area contributed by atoms with E-state index >= 15 is 0 Å². The van der Waals surface area contributed by atoms with E-state index in [2.05, 4.69) is 15.5 Å². The average Bonchev–Trinajstić information content (AvgIpc) is 3.60. The molecule has 0 aliphatic carbocycles. The lowest BCUT2D eigenvalue weighted by molar-refractivity contribution is 0.174. The summed E-state index contributed by atoms with van der Waals surface area (Å²) in [4.78, 5) is 0.0693. The number of sulfonamides is 1. The Morgan fingerprint density at radius 2 is 1.75 bits per heavy atom. The number of fused-ring (bicyclic) bond motifs is 1. The van der Waals surface area contributed by atoms with E-state index in [1.54, 1.807) is 25.3 Å². The normalized spacial score (nSPS) is 12.6. The summed E-state index contributed by atoms with van der Waals surface area (Å²) < 4.78 is 52.3. The molecule has 1 aliphatic heterocycles. The number of aromatic nitrogens is 4. The predicted molar refractivity (Wildman–Crippen MR) is 128 cm³/mol. The third kappa shape index (κ3) is 4.68. The largest absolute Gasteiger partial charge is 0.497 e. The summed E-state index contributed by atoms with van der Waals surface area (Å²) in [5.74, 6) is 2.16. The molecule has 2 heterocycles. The number of nitrogens with zero attached hydrogens (tertiary/aromatic N) is 5. The molecule has 4 aromatic rings. The highest BCUT2D eigenvalue weighted by atomic mass is 32.2. The number of hydrogen-bond acceptors (Lipinski definition) is 9. The van der Waals surface area contributed by atoms with Crippen molar-refractivity contribution in [2.24, 2.45) is 0 Å². The van der Waals surface area contributed by atoms with Crippen LogP contribution >= 0.6 is 0 Å². The van der Waals surface area contributed by atoms with Gasteiger partial charge in [-0.2, -0.15) is 8.99 Å². The lowest BCUT2D eigenvalue weighted by atomic mass is 10.2. The van der Waals surface area contributed by atoms with Gasteiger partial charge in [-0.1, -0.05) is 18.2 Å². The summed E-state index contributed by atoms with van der Waals surface area (Å²) in [6.45, 7) is 0.357. The van der Waals surface area contributed by atoms with Crippen molar-refractivity contribution in [2.45, 2.75) is 18.0 Å². The Bertz CT molecular complexity index is 1480. The SMILES string of the molecule is COc1cccc(CN(Cc2ccc3c(c2)OCO3)S(=O)(=O)c2ccc(-n3cnnn3)c(OC)c2)c1. The molecular formula is C24H23N5O6S. The lowest BCUT2D eigenvalue weighted by Gasteiger charge is -2.23. The Morgan fingerprint density at radius 1 is 0.944 bits per heavy atom. The van der Waals surface area contributed by atoms with Gasteiger partial charge in [0.15, 0.2) is 11.5 Å². The van der Waals surface area contributed by atoms with E-state index < -0.39 is 10.0 Å². The highest BCUT2D eigenvalue weighted by Gasteiger charge is 2.27. The van der Waals surface area contributed by atoms with Crippen molar-refractivity contribution < 1.29 is 27.4 Å². The molecule has 11 nitrogen and oxygen atoms in total. The smallest absolute Gasteiger partial charge is 0.243 e. The van der Waals surface area contributed by atoms with Crippen molar-refractivity contribution >= 4 is 10.0 Å². The number of methoxy groups -OCH3 is 2. The van der Waals surface area contributed by atoms with E-state index in [1.165, 1.54) is 34.6 Å². The standard InChI is InChI=1S/C24H23N5O6S/c1-32-19-5-3-4-17(10-19)13-28(14-18-6-9-22-24(11-18)35-16-34-22)36(30,31)20-7-8-21(23(12-20)33-2)29-15-25-26-27-29/h3-12,15H,13-14,16H2,1-2H3. The fraction of sp³-hybridized carbons (Fsp3) is 0.208. The van der Waals surface area contributed by atoms with Crippen molar-refractivity contribution in [1.82, 2.24) is 24.5 Å². The molecule has 0 bridgehead atoms. The molecule has 0 atom stereocenters. The minimum atomic E-state index is -3.97. The zero-order valence-electron chi connectivity index (χ0n) is 19.6. The van der Waals surface area contributed by atoms with Gasteiger partial charge in [0.05, 0.1) is 19.1 Å². The molecule has 0 fully saturated rings. The third-order valence-corrected chi connectivity index (χ3v) is 7.46. The minimum absolute atomic E-state index is 0.0693. The van der Waals surface area contributed by atoms with E-state index in [1.807, 2.05) is 30.3 Å². The molecule has 36 heavy (non-hydrogen) atoms. The molecule has 186 valence electrons. The second kappa shape index (κ2) is 9.84. The van der Waals surface area contributed by atoms with Gasteiger partial charge in [-0.3, -0.25) is 0 Å². The number of hydrogen-bond donors (Lipinski definition) is 0. The Labute approximate surface area is 207 Å². The van der Waals surface area contributed by atoms with Crippen LogP contribution in [0.5, 0.6) is 23.0 Å². The molecule has 3 aromatic carbocycles. The van der Waals surface area contributed by atoms with Crippen LogP contribution in [-0.2, 0) is 23.1 Å². The van der Waals surface area contributed by atoms with Crippen molar-refractivity contribution in [3.8, 4) is 28.7 Å². The molecule has 1 aliphatic rings. The van der Waals surface area contributed by atoms with Gasteiger partial charge in [-0.05, 0) is 58.0 Å². The van der Waals surface area contributed by atoms with Crippen molar-refractivity contribution in [2.75, 3.05) is 21.0 Å². The first kappa shape index (κ1) is 23.6. The summed E-state index contributed by atoms with van der Waals surface area (Å²) in [5.41, 5.74) is 2.04. The molecule has 0 saturated heterocycles. The molecule has 5 rings (SSSR count). The first-order chi connectivity index (χ1) is 17.5. The highest BCUT2D eigenvalue weighted by Crippen LogP contribution is 2.34. The maximum absolute atomic E-state index is 13.9. The van der Waals surface area contributed by atoms with E-state index in [0.29, 0.717) is 28.7 Å². The van der Waals surface area contributed by atoms with Crippen molar-refractivity contribution in [3.05, 3.63) is 78.1 Å². The number of ether oxygens (including phenoxy) is 4. The molecule has 0 unspecified atom stereocenters. The van der Waals surface area contributed by atoms with E-state index in [-0.39, 0.29) is 24.8 Å². The van der Waals surface area contributed by atoms with Crippen LogP contribution in [0.4, 0.5) is 0 Å². The summed E-state index contributed by atoms with van der Waals surface area (Å²) in [6, 6.07) is 17.3. The van der Waals surface area contributed by atoms with Crippen molar-refractivity contribution in [3.63, 3.8) is 0 Å². The Hall–Kier alpha value is -4.16. The molecule has 1 aromatic heterocycles. The van der Waals surface area contributed by atoms with E-state index in [4.69, 9.17) is 18.9 Å². The molecule has 12 heteroatoms. The second-order valence-electron chi connectivity index (χ2n) is 7.90. The van der Waals surface area contributed by atoms with E-state index in [9.17, 15) is 8.42 Å². The van der Waals surface area contributed by atoms with Crippen molar-refractivity contribution in [1.29, 1.82) is 0 Å². The Balaban J connectivity index is 1.52. The second-order valence-corrected chi connectivity index (χ2v) is 9.84. The molecule has 0 spiro atoms. The van der Waals surface area contributed by atoms with Gasteiger partial charge in [-0.15, -0.1) is 5.10 Å². The summed E-state index contributed by atoms with van der Waals surface area (Å²) in [5, 5.41) is 11.1. The van der Waals surface area contributed by atoms with Gasteiger partial charge in [0, 0.05) is 19.2 Å². The van der Waals surface area contributed by atoms with Crippen LogP contribution in [0.15, 0.2) is 71.9 Å². The quantitative estimate of drug-likeness (QED) is 0.336. The topological polar surface area (TPSA) is 118 Å². The fourth-order valence-electron chi connectivity index (χ4n) is 3.87. The van der Waals surface area contributed by atoms with Gasteiger partial charge >= 0.3 is 0 Å². The van der Waals surface area contributed by atoms with Crippen LogP contribution in [0.1, 0.15) is 11.1 Å². The fourth-order valence-corrected chi connectivity index (χ4v) is 5.30. The maximum Gasteiger partial charge on any atom is 0.243 e. The van der Waals surface area contributed by atoms with Gasteiger partial charge < -0.3 is 18.9 Å². The maximum atomic E-state index is 13.9. The van der Waals surface area contributed by atoms with Crippen LogP contribution in [-0.4, -0.2) is 53.9 Å². The van der Waals surface area contributed by atoms with Crippen LogP contribution in [0.3, 0.4) is 0 Å². The van der Waals surface area contributed by atoms with Crippen LogP contribution < -0.4 is 18.9 Å². The summed E-state index contributed by atoms with van der Waals surface area (Å²) in [7, 11) is -0.943. The van der Waals surface area contributed by atoms with Gasteiger partial charge in [0.25, 0.3) is 0 Å².